The van der Waals surface area contributed by atoms with E-state index in [1.165, 1.54) is 6.07 Å². The largest absolute Gasteiger partial charge is 0.395 e. The molecule has 0 aromatic heterocycles. The number of benzene rings is 1. The molecule has 0 saturated carbocycles. The third-order valence-electron chi connectivity index (χ3n) is 2.28. The standard InChI is InChI=1S/C11H15ClFNO2/c12-10-2-1-3-11(13)9(10)8-14(4-6-15)5-7-16/h1-3,15-16H,4-8H2. The lowest BCUT2D eigenvalue weighted by atomic mass is 10.2. The van der Waals surface area contributed by atoms with Crippen LogP contribution in [0.25, 0.3) is 0 Å². The second-order valence-electron chi connectivity index (χ2n) is 3.42. The van der Waals surface area contributed by atoms with Crippen molar-refractivity contribution in [2.75, 3.05) is 26.3 Å². The summed E-state index contributed by atoms with van der Waals surface area (Å²) in [4.78, 5) is 1.74. The number of aliphatic hydroxyl groups is 2. The third kappa shape index (κ3) is 3.72. The quantitative estimate of drug-likeness (QED) is 0.796. The lowest BCUT2D eigenvalue weighted by Gasteiger charge is -2.20. The Morgan fingerprint density at radius 2 is 1.81 bits per heavy atom. The Hall–Kier alpha value is -0.680. The lowest BCUT2D eigenvalue weighted by Crippen LogP contribution is -2.29. The summed E-state index contributed by atoms with van der Waals surface area (Å²) in [6.45, 7) is 0.973. The average Bonchev–Trinajstić information content (AvgIpc) is 2.24. The van der Waals surface area contributed by atoms with Gasteiger partial charge in [0.1, 0.15) is 5.82 Å². The topological polar surface area (TPSA) is 43.7 Å². The van der Waals surface area contributed by atoms with Crippen LogP contribution in [0.1, 0.15) is 5.56 Å². The van der Waals surface area contributed by atoms with Crippen LogP contribution in [0.15, 0.2) is 18.2 Å². The molecule has 0 bridgehead atoms. The van der Waals surface area contributed by atoms with E-state index in [9.17, 15) is 4.39 Å². The zero-order valence-electron chi connectivity index (χ0n) is 8.87. The molecule has 0 saturated heterocycles. The molecule has 1 aromatic carbocycles. The van der Waals surface area contributed by atoms with E-state index < -0.39 is 0 Å². The average molecular weight is 248 g/mol. The van der Waals surface area contributed by atoms with Gasteiger partial charge in [-0.3, -0.25) is 4.90 Å². The zero-order valence-corrected chi connectivity index (χ0v) is 9.62. The zero-order chi connectivity index (χ0) is 12.0. The molecule has 0 heterocycles. The van der Waals surface area contributed by atoms with Crippen molar-refractivity contribution < 1.29 is 14.6 Å². The first-order valence-corrected chi connectivity index (χ1v) is 5.43. The molecule has 3 nitrogen and oxygen atoms in total. The highest BCUT2D eigenvalue weighted by molar-refractivity contribution is 6.31. The Labute approximate surface area is 99.1 Å². The van der Waals surface area contributed by atoms with E-state index in [0.717, 1.165) is 0 Å². The molecule has 0 atom stereocenters. The maximum absolute atomic E-state index is 13.5. The van der Waals surface area contributed by atoms with Crippen molar-refractivity contribution in [2.24, 2.45) is 0 Å². The van der Waals surface area contributed by atoms with Crippen LogP contribution >= 0.6 is 11.6 Å². The molecule has 1 aromatic rings. The summed E-state index contributed by atoms with van der Waals surface area (Å²) in [6, 6.07) is 4.51. The molecule has 0 radical (unpaired) electrons. The molecule has 0 spiro atoms. The van der Waals surface area contributed by atoms with Crippen LogP contribution in [-0.4, -0.2) is 41.4 Å². The molecular formula is C11H15ClFNO2. The fourth-order valence-corrected chi connectivity index (χ4v) is 1.68. The van der Waals surface area contributed by atoms with Gasteiger partial charge >= 0.3 is 0 Å². The number of aliphatic hydroxyl groups excluding tert-OH is 2. The highest BCUT2D eigenvalue weighted by Gasteiger charge is 2.11. The minimum atomic E-state index is -0.367. The molecule has 0 aliphatic carbocycles. The summed E-state index contributed by atoms with van der Waals surface area (Å²) in [5, 5.41) is 18.0. The van der Waals surface area contributed by atoms with Gasteiger partial charge in [-0.25, -0.2) is 4.39 Å². The summed E-state index contributed by atoms with van der Waals surface area (Å²) < 4.78 is 13.5. The van der Waals surface area contributed by atoms with E-state index in [2.05, 4.69) is 0 Å². The molecule has 0 aliphatic rings. The SMILES string of the molecule is OCCN(CCO)Cc1c(F)cccc1Cl. The smallest absolute Gasteiger partial charge is 0.129 e. The first-order valence-electron chi connectivity index (χ1n) is 5.06. The highest BCUT2D eigenvalue weighted by atomic mass is 35.5. The molecule has 90 valence electrons. The maximum Gasteiger partial charge on any atom is 0.129 e. The molecule has 5 heteroatoms. The second kappa shape index (κ2) is 6.81. The summed E-state index contributed by atoms with van der Waals surface area (Å²) >= 11 is 5.88. The Kier molecular flexibility index (Phi) is 5.69. The molecule has 0 fully saturated rings. The van der Waals surface area contributed by atoms with Crippen LogP contribution in [-0.2, 0) is 6.54 Å². The van der Waals surface area contributed by atoms with E-state index in [4.69, 9.17) is 21.8 Å². The van der Waals surface area contributed by atoms with Crippen molar-refractivity contribution in [1.82, 2.24) is 4.90 Å². The van der Waals surface area contributed by atoms with Crippen LogP contribution < -0.4 is 0 Å². The third-order valence-corrected chi connectivity index (χ3v) is 2.63. The van der Waals surface area contributed by atoms with Gasteiger partial charge in [-0.1, -0.05) is 17.7 Å². The van der Waals surface area contributed by atoms with Gasteiger partial charge < -0.3 is 10.2 Å². The van der Waals surface area contributed by atoms with Gasteiger partial charge in [-0.15, -0.1) is 0 Å². The van der Waals surface area contributed by atoms with Crippen molar-refractivity contribution in [3.05, 3.63) is 34.6 Å². The van der Waals surface area contributed by atoms with Gasteiger partial charge in [0.25, 0.3) is 0 Å². The number of hydrogen-bond acceptors (Lipinski definition) is 3. The lowest BCUT2D eigenvalue weighted by molar-refractivity contribution is 0.154. The van der Waals surface area contributed by atoms with Gasteiger partial charge in [0.2, 0.25) is 0 Å². The Balaban J connectivity index is 2.76. The minimum absolute atomic E-state index is 0.0356. The molecule has 2 N–H and O–H groups in total. The van der Waals surface area contributed by atoms with Crippen molar-refractivity contribution in [1.29, 1.82) is 0 Å². The van der Waals surface area contributed by atoms with Crippen LogP contribution in [0.3, 0.4) is 0 Å². The molecule has 0 unspecified atom stereocenters. The van der Waals surface area contributed by atoms with E-state index in [1.807, 2.05) is 0 Å². The molecule has 1 rings (SSSR count). The van der Waals surface area contributed by atoms with Crippen LogP contribution in [0.5, 0.6) is 0 Å². The summed E-state index contributed by atoms with van der Waals surface area (Å²) in [5.74, 6) is -0.367. The number of hydrogen-bond donors (Lipinski definition) is 2. The van der Waals surface area contributed by atoms with Crippen molar-refractivity contribution >= 4 is 11.6 Å². The second-order valence-corrected chi connectivity index (χ2v) is 3.83. The van der Waals surface area contributed by atoms with Crippen molar-refractivity contribution in [3.8, 4) is 0 Å². The molecular weight excluding hydrogens is 233 g/mol. The van der Waals surface area contributed by atoms with E-state index in [-0.39, 0.29) is 25.6 Å². The predicted molar refractivity (Wildman–Crippen MR) is 60.9 cm³/mol. The molecule has 0 amide bonds. The van der Waals surface area contributed by atoms with Crippen LogP contribution in [0.2, 0.25) is 5.02 Å². The van der Waals surface area contributed by atoms with Gasteiger partial charge in [-0.05, 0) is 12.1 Å². The first kappa shape index (κ1) is 13.4. The van der Waals surface area contributed by atoms with E-state index in [0.29, 0.717) is 23.7 Å². The summed E-state index contributed by atoms with van der Waals surface area (Å²) in [5.41, 5.74) is 0.395. The van der Waals surface area contributed by atoms with Gasteiger partial charge in [0.05, 0.1) is 13.2 Å². The normalized spacial score (nSPS) is 11.1. The van der Waals surface area contributed by atoms with Gasteiger partial charge in [-0.2, -0.15) is 0 Å². The molecule has 0 aliphatic heterocycles. The Bertz CT molecular complexity index is 310. The van der Waals surface area contributed by atoms with Crippen LogP contribution in [0.4, 0.5) is 4.39 Å². The monoisotopic (exact) mass is 247 g/mol. The maximum atomic E-state index is 13.5. The van der Waals surface area contributed by atoms with Gasteiger partial charge in [0, 0.05) is 30.2 Å². The number of rotatable bonds is 6. The fourth-order valence-electron chi connectivity index (χ4n) is 1.46. The first-order chi connectivity index (χ1) is 7.69. The van der Waals surface area contributed by atoms with Crippen molar-refractivity contribution in [3.63, 3.8) is 0 Å². The van der Waals surface area contributed by atoms with Gasteiger partial charge in [0.15, 0.2) is 0 Å². The number of nitrogens with zero attached hydrogens (tertiary/aromatic N) is 1. The summed E-state index contributed by atoms with van der Waals surface area (Å²) in [6.07, 6.45) is 0. The fraction of sp³-hybridized carbons (Fsp3) is 0.455. The van der Waals surface area contributed by atoms with E-state index >= 15 is 0 Å². The summed E-state index contributed by atoms with van der Waals surface area (Å²) in [7, 11) is 0. The van der Waals surface area contributed by atoms with Crippen molar-refractivity contribution in [2.45, 2.75) is 6.54 Å². The Morgan fingerprint density at radius 1 is 1.19 bits per heavy atom. The highest BCUT2D eigenvalue weighted by Crippen LogP contribution is 2.20. The minimum Gasteiger partial charge on any atom is -0.395 e. The predicted octanol–water partition coefficient (Wildman–Crippen LogP) is 1.27. The van der Waals surface area contributed by atoms with Crippen LogP contribution in [0, 0.1) is 5.82 Å². The number of halogens is 2. The van der Waals surface area contributed by atoms with E-state index in [1.54, 1.807) is 17.0 Å². The molecule has 16 heavy (non-hydrogen) atoms. The Morgan fingerprint density at radius 3 is 2.31 bits per heavy atom.